The molecule has 21 heavy (non-hydrogen) atoms. The number of nitrogens with zero attached hydrogens (tertiary/aromatic N) is 1. The highest BCUT2D eigenvalue weighted by Crippen LogP contribution is 2.39. The van der Waals surface area contributed by atoms with Crippen molar-refractivity contribution in [3.05, 3.63) is 71.8 Å². The zero-order valence-electron chi connectivity index (χ0n) is 12.0. The van der Waals surface area contributed by atoms with E-state index in [0.29, 0.717) is 6.54 Å². The maximum absolute atomic E-state index is 5.81. The van der Waals surface area contributed by atoms with Crippen molar-refractivity contribution in [2.45, 2.75) is 18.8 Å². The molecule has 2 atom stereocenters. The molecule has 1 heterocycles. The van der Waals surface area contributed by atoms with E-state index in [1.165, 1.54) is 11.1 Å². The molecule has 1 aliphatic rings. The third kappa shape index (κ3) is 3.72. The molecule has 0 aliphatic carbocycles. The van der Waals surface area contributed by atoms with Crippen molar-refractivity contribution in [2.75, 3.05) is 13.1 Å². The van der Waals surface area contributed by atoms with Gasteiger partial charge in [-0.3, -0.25) is 4.90 Å². The van der Waals surface area contributed by atoms with E-state index in [0.717, 1.165) is 13.1 Å². The topological polar surface area (TPSA) is 15.8 Å². The van der Waals surface area contributed by atoms with Crippen molar-refractivity contribution < 1.29 is 4.74 Å². The maximum atomic E-state index is 5.81. The van der Waals surface area contributed by atoms with Gasteiger partial charge in [0.05, 0.1) is 6.54 Å². The summed E-state index contributed by atoms with van der Waals surface area (Å²) in [6, 6.07) is 20.8. The number of hydrogen-bond donors (Lipinski definition) is 0. The molecule has 3 rings (SSSR count). The number of epoxide rings is 1. The fourth-order valence-electron chi connectivity index (χ4n) is 2.63. The minimum atomic E-state index is 0.224. The van der Waals surface area contributed by atoms with Crippen LogP contribution in [-0.2, 0) is 11.3 Å². The predicted molar refractivity (Wildman–Crippen MR) is 84.6 cm³/mol. The summed E-state index contributed by atoms with van der Waals surface area (Å²) < 4.78 is 5.81. The number of ether oxygens (including phenoxy) is 1. The van der Waals surface area contributed by atoms with Gasteiger partial charge in [-0.1, -0.05) is 66.6 Å². The Labute approximate surface area is 126 Å². The van der Waals surface area contributed by atoms with E-state index in [-0.39, 0.29) is 12.2 Å². The van der Waals surface area contributed by atoms with Gasteiger partial charge in [0.2, 0.25) is 0 Å². The van der Waals surface area contributed by atoms with Gasteiger partial charge in [0.1, 0.15) is 12.2 Å². The van der Waals surface area contributed by atoms with Crippen LogP contribution in [-0.4, -0.2) is 24.1 Å². The highest BCUT2D eigenvalue weighted by Gasteiger charge is 2.40. The molecule has 2 heteroatoms. The molecule has 0 bridgehead atoms. The van der Waals surface area contributed by atoms with Crippen molar-refractivity contribution >= 4 is 0 Å². The predicted octanol–water partition coefficient (Wildman–Crippen LogP) is 3.26. The number of benzene rings is 2. The summed E-state index contributed by atoms with van der Waals surface area (Å²) in [6.07, 6.45) is 5.97. The van der Waals surface area contributed by atoms with Gasteiger partial charge in [-0.2, -0.15) is 0 Å². The SMILES string of the molecule is C#CCN(Cc1ccccc1)C[C@H]1O[C@@H]1c1ccccc1. The second-order valence-electron chi connectivity index (χ2n) is 5.37. The molecule has 0 N–H and O–H groups in total. The molecule has 0 unspecified atom stereocenters. The monoisotopic (exact) mass is 277 g/mol. The molecule has 1 fully saturated rings. The second-order valence-corrected chi connectivity index (χ2v) is 5.37. The van der Waals surface area contributed by atoms with Gasteiger partial charge in [-0.25, -0.2) is 0 Å². The van der Waals surface area contributed by atoms with E-state index in [2.05, 4.69) is 59.4 Å². The Balaban J connectivity index is 1.58. The number of rotatable bonds is 6. The fraction of sp³-hybridized carbons (Fsp3) is 0.263. The van der Waals surface area contributed by atoms with Gasteiger partial charge in [0.25, 0.3) is 0 Å². The summed E-state index contributed by atoms with van der Waals surface area (Å²) in [5.74, 6) is 2.75. The summed E-state index contributed by atoms with van der Waals surface area (Å²) in [5, 5.41) is 0. The molecule has 1 saturated heterocycles. The quantitative estimate of drug-likeness (QED) is 0.595. The molecule has 0 radical (unpaired) electrons. The third-order valence-corrected chi connectivity index (χ3v) is 3.71. The van der Waals surface area contributed by atoms with Gasteiger partial charge in [0, 0.05) is 13.1 Å². The zero-order chi connectivity index (χ0) is 14.5. The van der Waals surface area contributed by atoms with Gasteiger partial charge in [-0.15, -0.1) is 6.42 Å². The lowest BCUT2D eigenvalue weighted by Gasteiger charge is -2.18. The largest absolute Gasteiger partial charge is 0.363 e. The van der Waals surface area contributed by atoms with Crippen LogP contribution >= 0.6 is 0 Å². The third-order valence-electron chi connectivity index (χ3n) is 3.71. The van der Waals surface area contributed by atoms with Crippen molar-refractivity contribution in [1.82, 2.24) is 4.90 Å². The Morgan fingerprint density at radius 2 is 1.67 bits per heavy atom. The van der Waals surface area contributed by atoms with Crippen LogP contribution in [0.2, 0.25) is 0 Å². The van der Waals surface area contributed by atoms with Crippen LogP contribution in [0.5, 0.6) is 0 Å². The molecule has 106 valence electrons. The smallest absolute Gasteiger partial charge is 0.110 e. The lowest BCUT2D eigenvalue weighted by Crippen LogP contribution is -2.28. The molecule has 0 aromatic heterocycles. The number of hydrogen-bond acceptors (Lipinski definition) is 2. The minimum absolute atomic E-state index is 0.224. The van der Waals surface area contributed by atoms with E-state index in [4.69, 9.17) is 11.2 Å². The maximum Gasteiger partial charge on any atom is 0.110 e. The van der Waals surface area contributed by atoms with Crippen LogP contribution in [0.3, 0.4) is 0 Å². The van der Waals surface area contributed by atoms with Crippen molar-refractivity contribution in [3.63, 3.8) is 0 Å². The Kier molecular flexibility index (Phi) is 4.35. The lowest BCUT2D eigenvalue weighted by atomic mass is 10.1. The average molecular weight is 277 g/mol. The lowest BCUT2D eigenvalue weighted by molar-refractivity contribution is 0.257. The molecule has 2 nitrogen and oxygen atoms in total. The molecule has 1 aliphatic heterocycles. The van der Waals surface area contributed by atoms with E-state index < -0.39 is 0 Å². The van der Waals surface area contributed by atoms with Gasteiger partial charge in [-0.05, 0) is 11.1 Å². The van der Waals surface area contributed by atoms with Crippen LogP contribution < -0.4 is 0 Å². The first-order valence-corrected chi connectivity index (χ1v) is 7.27. The Bertz CT molecular complexity index is 602. The fourth-order valence-corrected chi connectivity index (χ4v) is 2.63. The van der Waals surface area contributed by atoms with Crippen LogP contribution in [0.25, 0.3) is 0 Å². The first kappa shape index (κ1) is 13.9. The highest BCUT2D eigenvalue weighted by atomic mass is 16.6. The minimum Gasteiger partial charge on any atom is -0.363 e. The Morgan fingerprint density at radius 3 is 2.33 bits per heavy atom. The van der Waals surface area contributed by atoms with Crippen molar-refractivity contribution in [2.24, 2.45) is 0 Å². The van der Waals surface area contributed by atoms with Crippen molar-refractivity contribution in [3.8, 4) is 12.3 Å². The molecule has 2 aromatic carbocycles. The summed E-state index contributed by atoms with van der Waals surface area (Å²) in [4.78, 5) is 2.27. The van der Waals surface area contributed by atoms with Gasteiger partial charge < -0.3 is 4.74 Å². The van der Waals surface area contributed by atoms with E-state index in [1.54, 1.807) is 0 Å². The molecule has 0 spiro atoms. The standard InChI is InChI=1S/C19H19NO/c1-2-13-20(14-16-9-5-3-6-10-16)15-18-19(21-18)17-11-7-4-8-12-17/h1,3-12,18-19H,13-15H2/t18-,19-/m1/s1. The zero-order valence-corrected chi connectivity index (χ0v) is 12.0. The van der Waals surface area contributed by atoms with Gasteiger partial charge in [0.15, 0.2) is 0 Å². The van der Waals surface area contributed by atoms with E-state index >= 15 is 0 Å². The normalized spacial score (nSPS) is 20.2. The van der Waals surface area contributed by atoms with E-state index in [1.807, 2.05) is 12.1 Å². The summed E-state index contributed by atoms with van der Waals surface area (Å²) in [7, 11) is 0. The van der Waals surface area contributed by atoms with Gasteiger partial charge >= 0.3 is 0 Å². The van der Waals surface area contributed by atoms with E-state index in [9.17, 15) is 0 Å². The summed E-state index contributed by atoms with van der Waals surface area (Å²) >= 11 is 0. The highest BCUT2D eigenvalue weighted by molar-refractivity contribution is 5.22. The Hall–Kier alpha value is -2.08. The number of terminal acetylenes is 1. The molecular weight excluding hydrogens is 258 g/mol. The van der Waals surface area contributed by atoms with Crippen LogP contribution in [0.15, 0.2) is 60.7 Å². The molecular formula is C19H19NO. The average Bonchev–Trinajstić information content (AvgIpc) is 3.29. The first-order chi connectivity index (χ1) is 10.4. The van der Waals surface area contributed by atoms with Crippen molar-refractivity contribution in [1.29, 1.82) is 0 Å². The second kappa shape index (κ2) is 6.58. The van der Waals surface area contributed by atoms with Crippen LogP contribution in [0, 0.1) is 12.3 Å². The van der Waals surface area contributed by atoms with Crippen LogP contribution in [0.1, 0.15) is 17.2 Å². The summed E-state index contributed by atoms with van der Waals surface area (Å²) in [5.41, 5.74) is 2.53. The van der Waals surface area contributed by atoms with Crippen LogP contribution in [0.4, 0.5) is 0 Å². The first-order valence-electron chi connectivity index (χ1n) is 7.27. The molecule has 0 amide bonds. The summed E-state index contributed by atoms with van der Waals surface area (Å²) in [6.45, 7) is 2.39. The molecule has 2 aromatic rings. The Morgan fingerprint density at radius 1 is 1.00 bits per heavy atom. The molecule has 0 saturated carbocycles.